The van der Waals surface area contributed by atoms with E-state index >= 15 is 0 Å². The molecule has 3 N–H and O–H groups in total. The van der Waals surface area contributed by atoms with Crippen molar-refractivity contribution in [3.05, 3.63) is 59.7 Å². The third-order valence-corrected chi connectivity index (χ3v) is 3.81. The Morgan fingerprint density at radius 3 is 2.58 bits per heavy atom. The van der Waals surface area contributed by atoms with Crippen molar-refractivity contribution < 1.29 is 34.0 Å². The van der Waals surface area contributed by atoms with Gasteiger partial charge in [-0.15, -0.1) is 0 Å². The number of ether oxygens (including phenoxy) is 3. The number of aliphatic hydroxyl groups is 1. The molecule has 0 fully saturated rings. The van der Waals surface area contributed by atoms with E-state index < -0.39 is 24.2 Å². The van der Waals surface area contributed by atoms with E-state index in [-0.39, 0.29) is 19.0 Å². The number of carbonyl (C=O) groups excluding carboxylic acids is 1. The molecule has 2 aromatic rings. The first kappa shape index (κ1) is 17.6. The van der Waals surface area contributed by atoms with Crippen molar-refractivity contribution >= 4 is 12.1 Å². The van der Waals surface area contributed by atoms with Crippen molar-refractivity contribution in [2.75, 3.05) is 6.79 Å². The van der Waals surface area contributed by atoms with Crippen molar-refractivity contribution in [2.45, 2.75) is 18.8 Å². The number of aliphatic hydroxyl groups excluding tert-OH is 1. The summed E-state index contributed by atoms with van der Waals surface area (Å²) in [5.74, 6) is -0.493. The van der Waals surface area contributed by atoms with E-state index in [4.69, 9.17) is 14.2 Å². The Bertz CT molecular complexity index is 793. The third-order valence-electron chi connectivity index (χ3n) is 3.81. The predicted molar refractivity (Wildman–Crippen MR) is 88.7 cm³/mol. The highest BCUT2D eigenvalue weighted by Crippen LogP contribution is 2.34. The van der Waals surface area contributed by atoms with Crippen molar-refractivity contribution in [1.29, 1.82) is 0 Å². The van der Waals surface area contributed by atoms with Crippen LogP contribution < -0.4 is 14.8 Å². The van der Waals surface area contributed by atoms with Gasteiger partial charge in [0.25, 0.3) is 0 Å². The minimum atomic E-state index is -1.58. The smallest absolute Gasteiger partial charge is 0.408 e. The number of benzene rings is 2. The van der Waals surface area contributed by atoms with Crippen LogP contribution in [0.3, 0.4) is 0 Å². The number of rotatable bonds is 6. The molecule has 1 amide bonds. The molecule has 136 valence electrons. The van der Waals surface area contributed by atoms with Crippen LogP contribution in [0.15, 0.2) is 48.5 Å². The number of alkyl carbamates (subject to hydrolysis) is 1. The van der Waals surface area contributed by atoms with E-state index in [0.29, 0.717) is 11.5 Å². The first-order valence-electron chi connectivity index (χ1n) is 7.82. The largest absolute Gasteiger partial charge is 0.480 e. The van der Waals surface area contributed by atoms with Crippen molar-refractivity contribution in [1.82, 2.24) is 5.32 Å². The molecule has 0 aliphatic carbocycles. The third kappa shape index (κ3) is 4.04. The Hall–Kier alpha value is -3.26. The minimum absolute atomic E-state index is 0.0148. The summed E-state index contributed by atoms with van der Waals surface area (Å²) in [6.45, 7) is 0.0421. The Morgan fingerprint density at radius 1 is 1.12 bits per heavy atom. The molecular weight excluding hydrogens is 342 g/mol. The van der Waals surface area contributed by atoms with Gasteiger partial charge in [0.2, 0.25) is 6.79 Å². The highest BCUT2D eigenvalue weighted by atomic mass is 16.7. The van der Waals surface area contributed by atoms with Gasteiger partial charge < -0.3 is 29.7 Å². The number of carboxylic acid groups (broad SMARTS) is 1. The summed E-state index contributed by atoms with van der Waals surface area (Å²) in [7, 11) is 0. The van der Waals surface area contributed by atoms with Gasteiger partial charge in [0.15, 0.2) is 17.5 Å². The molecule has 2 atom stereocenters. The van der Waals surface area contributed by atoms with Gasteiger partial charge in [0.1, 0.15) is 12.7 Å². The minimum Gasteiger partial charge on any atom is -0.480 e. The van der Waals surface area contributed by atoms with Gasteiger partial charge in [0.05, 0.1) is 0 Å². The highest BCUT2D eigenvalue weighted by Gasteiger charge is 2.31. The molecule has 8 heteroatoms. The van der Waals surface area contributed by atoms with Crippen LogP contribution >= 0.6 is 0 Å². The number of amides is 1. The average Bonchev–Trinajstić information content (AvgIpc) is 3.12. The Morgan fingerprint density at radius 2 is 1.85 bits per heavy atom. The molecule has 8 nitrogen and oxygen atoms in total. The fourth-order valence-corrected chi connectivity index (χ4v) is 2.46. The van der Waals surface area contributed by atoms with Gasteiger partial charge in [-0.05, 0) is 23.3 Å². The molecule has 0 radical (unpaired) electrons. The second-order valence-electron chi connectivity index (χ2n) is 5.58. The lowest BCUT2D eigenvalue weighted by atomic mass is 10.0. The second kappa shape index (κ2) is 7.75. The summed E-state index contributed by atoms with van der Waals surface area (Å²) in [6.07, 6.45) is -2.44. The van der Waals surface area contributed by atoms with Crippen LogP contribution in [0.5, 0.6) is 11.5 Å². The number of carboxylic acids is 1. The fraction of sp³-hybridized carbons (Fsp3) is 0.222. The van der Waals surface area contributed by atoms with Gasteiger partial charge >= 0.3 is 12.1 Å². The van der Waals surface area contributed by atoms with Crippen molar-refractivity contribution in [2.24, 2.45) is 0 Å². The van der Waals surface area contributed by atoms with Gasteiger partial charge in [0, 0.05) is 0 Å². The summed E-state index contributed by atoms with van der Waals surface area (Å²) < 4.78 is 15.4. The second-order valence-corrected chi connectivity index (χ2v) is 5.58. The monoisotopic (exact) mass is 359 g/mol. The zero-order valence-electron chi connectivity index (χ0n) is 13.6. The molecule has 1 aliphatic heterocycles. The summed E-state index contributed by atoms with van der Waals surface area (Å²) in [5, 5.41) is 21.9. The molecule has 0 saturated carbocycles. The summed E-state index contributed by atoms with van der Waals surface area (Å²) >= 11 is 0. The lowest BCUT2D eigenvalue weighted by molar-refractivity contribution is -0.142. The average molecular weight is 359 g/mol. The zero-order chi connectivity index (χ0) is 18.5. The molecule has 0 unspecified atom stereocenters. The standard InChI is InChI=1S/C18H17NO7/c20-16(12-6-7-13-14(8-12)26-10-25-13)15(17(21)22)19-18(23)24-9-11-4-2-1-3-5-11/h1-8,15-16,20H,9-10H2,(H,19,23)(H,21,22)/t15-,16-/m1/s1. The van der Waals surface area contributed by atoms with Crippen molar-refractivity contribution in [3.8, 4) is 11.5 Å². The fourth-order valence-electron chi connectivity index (χ4n) is 2.46. The van der Waals surface area contributed by atoms with E-state index in [1.807, 2.05) is 6.07 Å². The molecule has 0 bridgehead atoms. The lowest BCUT2D eigenvalue weighted by Gasteiger charge is -2.20. The molecule has 0 spiro atoms. The van der Waals surface area contributed by atoms with E-state index in [1.54, 1.807) is 30.3 Å². The number of hydrogen-bond donors (Lipinski definition) is 3. The number of fused-ring (bicyclic) bond motifs is 1. The quantitative estimate of drug-likeness (QED) is 0.721. The van der Waals surface area contributed by atoms with E-state index in [2.05, 4.69) is 5.32 Å². The molecule has 2 aromatic carbocycles. The topological polar surface area (TPSA) is 114 Å². The molecule has 0 aromatic heterocycles. The Balaban J connectivity index is 1.64. The van der Waals surface area contributed by atoms with Crippen LogP contribution in [0, 0.1) is 0 Å². The first-order chi connectivity index (χ1) is 12.5. The van der Waals surface area contributed by atoms with Crippen LogP contribution in [0.1, 0.15) is 17.2 Å². The van der Waals surface area contributed by atoms with Gasteiger partial charge in [-0.3, -0.25) is 0 Å². The van der Waals surface area contributed by atoms with Crippen LogP contribution in [0.2, 0.25) is 0 Å². The summed E-state index contributed by atoms with van der Waals surface area (Å²) in [4.78, 5) is 23.4. The van der Waals surface area contributed by atoms with Gasteiger partial charge in [-0.25, -0.2) is 9.59 Å². The number of aliphatic carboxylic acids is 1. The van der Waals surface area contributed by atoms with Gasteiger partial charge in [-0.2, -0.15) is 0 Å². The molecule has 3 rings (SSSR count). The van der Waals surface area contributed by atoms with Crippen LogP contribution in [-0.2, 0) is 16.1 Å². The first-order valence-corrected chi connectivity index (χ1v) is 7.82. The maximum Gasteiger partial charge on any atom is 0.408 e. The lowest BCUT2D eigenvalue weighted by Crippen LogP contribution is -2.45. The summed E-state index contributed by atoms with van der Waals surface area (Å²) in [5.41, 5.74) is 1.02. The Kier molecular flexibility index (Phi) is 5.23. The van der Waals surface area contributed by atoms with Crippen LogP contribution in [-0.4, -0.2) is 35.1 Å². The number of hydrogen-bond acceptors (Lipinski definition) is 6. The summed E-state index contributed by atoms with van der Waals surface area (Å²) in [6, 6.07) is 11.9. The molecule has 26 heavy (non-hydrogen) atoms. The van der Waals surface area contributed by atoms with Crippen LogP contribution in [0.25, 0.3) is 0 Å². The van der Waals surface area contributed by atoms with Crippen molar-refractivity contribution in [3.63, 3.8) is 0 Å². The molecule has 0 saturated heterocycles. The van der Waals surface area contributed by atoms with E-state index in [1.165, 1.54) is 12.1 Å². The van der Waals surface area contributed by atoms with Gasteiger partial charge in [-0.1, -0.05) is 36.4 Å². The van der Waals surface area contributed by atoms with Crippen LogP contribution in [0.4, 0.5) is 4.79 Å². The SMILES string of the molecule is O=C(N[C@@H](C(=O)O)[C@H](O)c1ccc2c(c1)OCO2)OCc1ccccc1. The normalized spacial score (nSPS) is 14.3. The highest BCUT2D eigenvalue weighted by molar-refractivity contribution is 5.80. The maximum atomic E-state index is 11.9. The molecular formula is C18H17NO7. The number of nitrogens with one attached hydrogen (secondary N) is 1. The van der Waals surface area contributed by atoms with E-state index in [0.717, 1.165) is 5.56 Å². The predicted octanol–water partition coefficient (Wildman–Crippen LogP) is 1.83. The zero-order valence-corrected chi connectivity index (χ0v) is 13.6. The molecule has 1 aliphatic rings. The van der Waals surface area contributed by atoms with E-state index in [9.17, 15) is 19.8 Å². The number of carbonyl (C=O) groups is 2. The Labute approximate surface area is 148 Å². The molecule has 1 heterocycles. The maximum absolute atomic E-state index is 11.9.